The molecule has 3 rings (SSSR count). The first-order chi connectivity index (χ1) is 14.7. The molecule has 9 heteroatoms. The first-order valence-corrected chi connectivity index (χ1v) is 10.9. The van der Waals surface area contributed by atoms with Gasteiger partial charge in [-0.1, -0.05) is 32.3 Å². The van der Waals surface area contributed by atoms with Gasteiger partial charge in [0.25, 0.3) is 0 Å². The molecular weight excluding hydrogens is 507 g/mol. The number of methoxy groups -OCH3 is 2. The van der Waals surface area contributed by atoms with Gasteiger partial charge in [0.1, 0.15) is 12.2 Å². The maximum Gasteiger partial charge on any atom is 0.191 e. The number of nitrogens with zero attached hydrogens (tertiary/aromatic N) is 4. The van der Waals surface area contributed by atoms with Gasteiger partial charge in [0.15, 0.2) is 17.5 Å². The molecule has 0 bridgehead atoms. The second-order valence-corrected chi connectivity index (χ2v) is 7.55. The molecule has 1 heterocycles. The molecule has 1 aliphatic rings. The van der Waals surface area contributed by atoms with Crippen molar-refractivity contribution in [2.24, 2.45) is 4.99 Å². The van der Waals surface area contributed by atoms with Crippen LogP contribution in [0.5, 0.6) is 11.5 Å². The number of guanidine groups is 1. The van der Waals surface area contributed by atoms with Crippen LogP contribution in [-0.4, -0.2) is 47.5 Å². The Morgan fingerprint density at radius 2 is 1.94 bits per heavy atom. The molecule has 1 aromatic heterocycles. The zero-order valence-corrected chi connectivity index (χ0v) is 21.1. The summed E-state index contributed by atoms with van der Waals surface area (Å²) >= 11 is 0. The number of aliphatic imine (C=N–C) groups is 1. The van der Waals surface area contributed by atoms with Crippen LogP contribution in [0.2, 0.25) is 0 Å². The van der Waals surface area contributed by atoms with Crippen molar-refractivity contribution in [1.29, 1.82) is 0 Å². The normalized spacial score (nSPS) is 14.6. The third-order valence-corrected chi connectivity index (χ3v) is 5.47. The lowest BCUT2D eigenvalue weighted by Gasteiger charge is -2.25. The average molecular weight is 542 g/mol. The van der Waals surface area contributed by atoms with Crippen LogP contribution in [0, 0.1) is 0 Å². The van der Waals surface area contributed by atoms with Gasteiger partial charge < -0.3 is 24.7 Å². The van der Waals surface area contributed by atoms with Crippen LogP contribution < -0.4 is 20.1 Å². The Morgan fingerprint density at radius 3 is 2.65 bits per heavy atom. The van der Waals surface area contributed by atoms with E-state index >= 15 is 0 Å². The number of hydrogen-bond donors (Lipinski definition) is 2. The summed E-state index contributed by atoms with van der Waals surface area (Å²) in [6, 6.07) is 6.40. The van der Waals surface area contributed by atoms with Gasteiger partial charge in [-0.25, -0.2) is 4.99 Å². The highest BCUT2D eigenvalue weighted by molar-refractivity contribution is 14.0. The van der Waals surface area contributed by atoms with Gasteiger partial charge in [-0.3, -0.25) is 0 Å². The molecule has 0 atom stereocenters. The van der Waals surface area contributed by atoms with E-state index in [9.17, 15) is 0 Å². The topological polar surface area (TPSA) is 85.6 Å². The summed E-state index contributed by atoms with van der Waals surface area (Å²) in [5.41, 5.74) is 1.07. The van der Waals surface area contributed by atoms with Crippen molar-refractivity contribution in [3.8, 4) is 11.5 Å². The molecule has 1 saturated carbocycles. The Kier molecular flexibility index (Phi) is 10.9. The SMILES string of the molecule is CCc1nncn1CCNC(=NCc1ccc(OC)c(OC)c1)NC1CCCCC1.I. The van der Waals surface area contributed by atoms with E-state index in [2.05, 4.69) is 32.3 Å². The molecule has 0 unspecified atom stereocenters. The molecule has 1 fully saturated rings. The summed E-state index contributed by atoms with van der Waals surface area (Å²) in [5, 5.41) is 15.3. The highest BCUT2D eigenvalue weighted by Crippen LogP contribution is 2.27. The lowest BCUT2D eigenvalue weighted by molar-refractivity contribution is 0.354. The molecule has 172 valence electrons. The number of hydrogen-bond acceptors (Lipinski definition) is 5. The van der Waals surface area contributed by atoms with E-state index in [1.165, 1.54) is 32.1 Å². The van der Waals surface area contributed by atoms with Gasteiger partial charge in [-0.15, -0.1) is 34.2 Å². The highest BCUT2D eigenvalue weighted by Gasteiger charge is 2.15. The average Bonchev–Trinajstić information content (AvgIpc) is 3.25. The number of aromatic nitrogens is 3. The van der Waals surface area contributed by atoms with Crippen molar-refractivity contribution >= 4 is 29.9 Å². The van der Waals surface area contributed by atoms with E-state index in [-0.39, 0.29) is 24.0 Å². The molecule has 1 aliphatic carbocycles. The summed E-state index contributed by atoms with van der Waals surface area (Å²) in [4.78, 5) is 4.84. The van der Waals surface area contributed by atoms with Gasteiger partial charge >= 0.3 is 0 Å². The lowest BCUT2D eigenvalue weighted by atomic mass is 9.96. The van der Waals surface area contributed by atoms with Gasteiger partial charge in [0.05, 0.1) is 20.8 Å². The van der Waals surface area contributed by atoms with Crippen molar-refractivity contribution in [3.63, 3.8) is 0 Å². The molecule has 0 amide bonds. The minimum absolute atomic E-state index is 0. The van der Waals surface area contributed by atoms with Crippen LogP contribution in [0.3, 0.4) is 0 Å². The molecule has 0 spiro atoms. The standard InChI is InChI=1S/C22H34N6O2.HI/c1-4-21-27-25-16-28(21)13-12-23-22(26-18-8-6-5-7-9-18)24-15-17-10-11-19(29-2)20(14-17)30-3;/h10-11,14,16,18H,4-9,12-13,15H2,1-3H3,(H2,23,24,26);1H. The van der Waals surface area contributed by atoms with E-state index in [1.807, 2.05) is 18.2 Å². The number of rotatable bonds is 9. The Morgan fingerprint density at radius 1 is 1.16 bits per heavy atom. The molecule has 0 aliphatic heterocycles. The van der Waals surface area contributed by atoms with Crippen molar-refractivity contribution in [2.75, 3.05) is 20.8 Å². The van der Waals surface area contributed by atoms with E-state index in [0.29, 0.717) is 12.6 Å². The summed E-state index contributed by atoms with van der Waals surface area (Å²) in [6.45, 7) is 4.22. The van der Waals surface area contributed by atoms with Crippen LogP contribution in [-0.2, 0) is 19.5 Å². The summed E-state index contributed by atoms with van der Waals surface area (Å²) < 4.78 is 12.8. The van der Waals surface area contributed by atoms with Crippen molar-refractivity contribution in [2.45, 2.75) is 64.6 Å². The number of nitrogens with one attached hydrogen (secondary N) is 2. The van der Waals surface area contributed by atoms with Crippen LogP contribution in [0.1, 0.15) is 50.4 Å². The quantitative estimate of drug-likeness (QED) is 0.287. The Labute approximate surface area is 202 Å². The van der Waals surface area contributed by atoms with E-state index < -0.39 is 0 Å². The van der Waals surface area contributed by atoms with Crippen molar-refractivity contribution in [1.82, 2.24) is 25.4 Å². The zero-order chi connectivity index (χ0) is 21.2. The predicted molar refractivity (Wildman–Crippen MR) is 134 cm³/mol. The number of ether oxygens (including phenoxy) is 2. The largest absolute Gasteiger partial charge is 0.493 e. The van der Waals surface area contributed by atoms with Crippen LogP contribution in [0.15, 0.2) is 29.5 Å². The minimum atomic E-state index is 0. The fourth-order valence-corrected chi connectivity index (χ4v) is 3.78. The summed E-state index contributed by atoms with van der Waals surface area (Å²) in [7, 11) is 3.30. The number of benzene rings is 1. The van der Waals surface area contributed by atoms with E-state index in [1.54, 1.807) is 20.5 Å². The third-order valence-electron chi connectivity index (χ3n) is 5.47. The second-order valence-electron chi connectivity index (χ2n) is 7.55. The monoisotopic (exact) mass is 542 g/mol. The molecule has 2 N–H and O–H groups in total. The molecule has 1 aromatic carbocycles. The fourth-order valence-electron chi connectivity index (χ4n) is 3.78. The summed E-state index contributed by atoms with van der Waals surface area (Å²) in [6.07, 6.45) is 8.95. The number of aryl methyl sites for hydroxylation is 1. The molecule has 31 heavy (non-hydrogen) atoms. The Balaban J connectivity index is 0.00000341. The fraction of sp³-hybridized carbons (Fsp3) is 0.591. The zero-order valence-electron chi connectivity index (χ0n) is 18.8. The summed E-state index contributed by atoms with van der Waals surface area (Å²) in [5.74, 6) is 3.30. The maximum atomic E-state index is 5.41. The number of halogens is 1. The Hall–Kier alpha value is -2.04. The highest BCUT2D eigenvalue weighted by atomic mass is 127. The van der Waals surface area contributed by atoms with Crippen LogP contribution in [0.4, 0.5) is 0 Å². The first kappa shape index (κ1) is 25.2. The van der Waals surface area contributed by atoms with Crippen molar-refractivity contribution in [3.05, 3.63) is 35.9 Å². The Bertz CT molecular complexity index is 820. The van der Waals surface area contributed by atoms with Gasteiger partial charge in [0, 0.05) is 25.6 Å². The molecular formula is C22H35IN6O2. The predicted octanol–water partition coefficient (Wildman–Crippen LogP) is 3.54. The third kappa shape index (κ3) is 7.55. The first-order valence-electron chi connectivity index (χ1n) is 10.9. The van der Waals surface area contributed by atoms with Crippen LogP contribution >= 0.6 is 24.0 Å². The lowest BCUT2D eigenvalue weighted by Crippen LogP contribution is -2.45. The van der Waals surface area contributed by atoms with E-state index in [4.69, 9.17) is 14.5 Å². The van der Waals surface area contributed by atoms with Gasteiger partial charge in [-0.05, 0) is 30.5 Å². The molecule has 0 radical (unpaired) electrons. The van der Waals surface area contributed by atoms with Crippen LogP contribution in [0.25, 0.3) is 0 Å². The van der Waals surface area contributed by atoms with E-state index in [0.717, 1.165) is 48.4 Å². The second kappa shape index (κ2) is 13.4. The van der Waals surface area contributed by atoms with Gasteiger partial charge in [0.2, 0.25) is 0 Å². The van der Waals surface area contributed by atoms with Gasteiger partial charge in [-0.2, -0.15) is 0 Å². The maximum absolute atomic E-state index is 5.41. The molecule has 8 nitrogen and oxygen atoms in total. The minimum Gasteiger partial charge on any atom is -0.493 e. The molecule has 0 saturated heterocycles. The smallest absolute Gasteiger partial charge is 0.191 e. The molecule has 2 aromatic rings. The van der Waals surface area contributed by atoms with Crippen molar-refractivity contribution < 1.29 is 9.47 Å².